The van der Waals surface area contributed by atoms with Gasteiger partial charge in [-0.05, 0) is 30.7 Å². The van der Waals surface area contributed by atoms with E-state index in [1.54, 1.807) is 18.2 Å². The number of hydrogen-bond acceptors (Lipinski definition) is 5. The highest BCUT2D eigenvalue weighted by Gasteiger charge is 2.12. The van der Waals surface area contributed by atoms with Crippen LogP contribution in [0.2, 0.25) is 5.02 Å². The van der Waals surface area contributed by atoms with Gasteiger partial charge >= 0.3 is 0 Å². The first kappa shape index (κ1) is 13.1. The zero-order valence-corrected chi connectivity index (χ0v) is 10.7. The smallest absolute Gasteiger partial charge is 0.278 e. The highest BCUT2D eigenvalue weighted by atomic mass is 35.5. The molecular weight excluding hydrogens is 270 g/mol. The SMILES string of the molecule is Cc1cc(Cl)ccc1Oc1cc([N+](=O)[O-])cc(N)n1. The summed E-state index contributed by atoms with van der Waals surface area (Å²) in [5.41, 5.74) is 6.12. The molecule has 0 bridgehead atoms. The Hall–Kier alpha value is -2.34. The molecule has 0 aliphatic heterocycles. The number of ether oxygens (including phenoxy) is 1. The van der Waals surface area contributed by atoms with Crippen LogP contribution in [0.4, 0.5) is 11.5 Å². The number of halogens is 1. The lowest BCUT2D eigenvalue weighted by atomic mass is 10.2. The number of anilines is 1. The highest BCUT2D eigenvalue weighted by Crippen LogP contribution is 2.28. The molecular formula is C12H10ClN3O3. The summed E-state index contributed by atoms with van der Waals surface area (Å²) in [6.07, 6.45) is 0. The van der Waals surface area contributed by atoms with Crippen molar-refractivity contribution >= 4 is 23.1 Å². The van der Waals surface area contributed by atoms with Gasteiger partial charge in [-0.25, -0.2) is 0 Å². The Labute approximate surface area is 113 Å². The fraction of sp³-hybridized carbons (Fsp3) is 0.0833. The number of hydrogen-bond donors (Lipinski definition) is 1. The molecule has 2 rings (SSSR count). The Kier molecular flexibility index (Phi) is 3.52. The highest BCUT2D eigenvalue weighted by molar-refractivity contribution is 6.30. The first-order valence-corrected chi connectivity index (χ1v) is 5.69. The van der Waals surface area contributed by atoms with E-state index in [1.807, 2.05) is 6.92 Å². The number of pyridine rings is 1. The average Bonchev–Trinajstić information content (AvgIpc) is 2.32. The second-order valence-corrected chi connectivity index (χ2v) is 4.29. The lowest BCUT2D eigenvalue weighted by Crippen LogP contribution is -1.97. The summed E-state index contributed by atoms with van der Waals surface area (Å²) in [4.78, 5) is 14.1. The largest absolute Gasteiger partial charge is 0.438 e. The lowest BCUT2D eigenvalue weighted by molar-refractivity contribution is -0.384. The van der Waals surface area contributed by atoms with Crippen LogP contribution in [0.15, 0.2) is 30.3 Å². The molecule has 0 unspecified atom stereocenters. The summed E-state index contributed by atoms with van der Waals surface area (Å²) in [5, 5.41) is 11.3. The number of nitrogens with two attached hydrogens (primary N) is 1. The molecule has 1 aromatic carbocycles. The summed E-state index contributed by atoms with van der Waals surface area (Å²) < 4.78 is 5.48. The van der Waals surface area contributed by atoms with Crippen LogP contribution in [0, 0.1) is 17.0 Å². The van der Waals surface area contributed by atoms with Crippen molar-refractivity contribution in [3.63, 3.8) is 0 Å². The average molecular weight is 280 g/mol. The van der Waals surface area contributed by atoms with Gasteiger partial charge in [-0.15, -0.1) is 0 Å². The first-order valence-electron chi connectivity index (χ1n) is 5.31. The zero-order valence-electron chi connectivity index (χ0n) is 9.96. The van der Waals surface area contributed by atoms with E-state index in [0.29, 0.717) is 10.8 Å². The zero-order chi connectivity index (χ0) is 14.0. The minimum absolute atomic E-state index is 0.0239. The third-order valence-corrected chi connectivity index (χ3v) is 2.60. The van der Waals surface area contributed by atoms with Gasteiger partial charge in [0.2, 0.25) is 5.88 Å². The molecule has 2 aromatic rings. The van der Waals surface area contributed by atoms with Gasteiger partial charge in [0.15, 0.2) is 0 Å². The molecule has 0 amide bonds. The number of rotatable bonds is 3. The third kappa shape index (κ3) is 3.11. The minimum Gasteiger partial charge on any atom is -0.438 e. The fourth-order valence-electron chi connectivity index (χ4n) is 1.51. The van der Waals surface area contributed by atoms with Crippen molar-refractivity contribution in [3.8, 4) is 11.6 Å². The third-order valence-electron chi connectivity index (χ3n) is 2.37. The Morgan fingerprint density at radius 1 is 1.37 bits per heavy atom. The van der Waals surface area contributed by atoms with Gasteiger partial charge in [0.05, 0.1) is 17.1 Å². The summed E-state index contributed by atoms with van der Waals surface area (Å²) in [6.45, 7) is 1.81. The Balaban J connectivity index is 2.35. The van der Waals surface area contributed by atoms with Gasteiger partial charge in [0.25, 0.3) is 5.69 Å². The number of benzene rings is 1. The van der Waals surface area contributed by atoms with Crippen molar-refractivity contribution in [2.24, 2.45) is 0 Å². The standard InChI is InChI=1S/C12H10ClN3O3/c1-7-4-8(13)2-3-10(7)19-12-6-9(16(17)18)5-11(14)15-12/h2-6H,1H3,(H2,14,15). The van der Waals surface area contributed by atoms with Crippen LogP contribution >= 0.6 is 11.6 Å². The van der Waals surface area contributed by atoms with Crippen molar-refractivity contribution in [2.75, 3.05) is 5.73 Å². The fourth-order valence-corrected chi connectivity index (χ4v) is 1.74. The topological polar surface area (TPSA) is 91.3 Å². The predicted molar refractivity (Wildman–Crippen MR) is 71.6 cm³/mol. The molecule has 0 aliphatic rings. The van der Waals surface area contributed by atoms with Gasteiger partial charge in [0, 0.05) is 5.02 Å². The maximum Gasteiger partial charge on any atom is 0.278 e. The number of nitrogen functional groups attached to an aromatic ring is 1. The van der Waals surface area contributed by atoms with Gasteiger partial charge in [-0.2, -0.15) is 4.98 Å². The normalized spacial score (nSPS) is 10.2. The number of nitrogens with zero attached hydrogens (tertiary/aromatic N) is 2. The molecule has 1 aromatic heterocycles. The minimum atomic E-state index is -0.556. The molecule has 0 aliphatic carbocycles. The van der Waals surface area contributed by atoms with E-state index >= 15 is 0 Å². The van der Waals surface area contributed by atoms with E-state index in [2.05, 4.69) is 4.98 Å². The van der Waals surface area contributed by atoms with Crippen LogP contribution in [0.25, 0.3) is 0 Å². The van der Waals surface area contributed by atoms with Crippen LogP contribution in [-0.4, -0.2) is 9.91 Å². The van der Waals surface area contributed by atoms with Crippen LogP contribution in [0.5, 0.6) is 11.6 Å². The first-order chi connectivity index (χ1) is 8.95. The van der Waals surface area contributed by atoms with E-state index in [1.165, 1.54) is 12.1 Å². The van der Waals surface area contributed by atoms with Crippen molar-refractivity contribution < 1.29 is 9.66 Å². The second-order valence-electron chi connectivity index (χ2n) is 3.86. The quantitative estimate of drug-likeness (QED) is 0.687. The van der Waals surface area contributed by atoms with Crippen LogP contribution < -0.4 is 10.5 Å². The Morgan fingerprint density at radius 2 is 2.11 bits per heavy atom. The van der Waals surface area contributed by atoms with Crippen LogP contribution in [0.1, 0.15) is 5.56 Å². The molecule has 2 N–H and O–H groups in total. The van der Waals surface area contributed by atoms with E-state index < -0.39 is 4.92 Å². The maximum atomic E-state index is 10.7. The molecule has 0 radical (unpaired) electrons. The van der Waals surface area contributed by atoms with Crippen molar-refractivity contribution in [2.45, 2.75) is 6.92 Å². The van der Waals surface area contributed by atoms with Crippen molar-refractivity contribution in [1.29, 1.82) is 0 Å². The Morgan fingerprint density at radius 3 is 2.74 bits per heavy atom. The Bertz CT molecular complexity index is 646. The summed E-state index contributed by atoms with van der Waals surface area (Å²) in [5.74, 6) is 0.602. The number of nitro groups is 1. The maximum absolute atomic E-state index is 10.7. The van der Waals surface area contributed by atoms with Gasteiger partial charge in [-0.3, -0.25) is 10.1 Å². The summed E-state index contributed by atoms with van der Waals surface area (Å²) >= 11 is 5.83. The number of aryl methyl sites for hydroxylation is 1. The molecule has 0 fully saturated rings. The lowest BCUT2D eigenvalue weighted by Gasteiger charge is -2.08. The van der Waals surface area contributed by atoms with E-state index in [0.717, 1.165) is 5.56 Å². The van der Waals surface area contributed by atoms with E-state index in [9.17, 15) is 10.1 Å². The van der Waals surface area contributed by atoms with Crippen molar-refractivity contribution in [1.82, 2.24) is 4.98 Å². The molecule has 0 atom stereocenters. The molecule has 98 valence electrons. The predicted octanol–water partition coefficient (Wildman–Crippen LogP) is 3.33. The van der Waals surface area contributed by atoms with Crippen LogP contribution in [-0.2, 0) is 0 Å². The van der Waals surface area contributed by atoms with Crippen molar-refractivity contribution in [3.05, 3.63) is 51.0 Å². The molecule has 6 nitrogen and oxygen atoms in total. The number of aromatic nitrogens is 1. The van der Waals surface area contributed by atoms with E-state index in [4.69, 9.17) is 22.1 Å². The molecule has 7 heteroatoms. The van der Waals surface area contributed by atoms with Crippen LogP contribution in [0.3, 0.4) is 0 Å². The molecule has 19 heavy (non-hydrogen) atoms. The molecule has 1 heterocycles. The van der Waals surface area contributed by atoms with Gasteiger partial charge < -0.3 is 10.5 Å². The molecule has 0 saturated carbocycles. The monoisotopic (exact) mass is 279 g/mol. The van der Waals surface area contributed by atoms with Gasteiger partial charge in [0.1, 0.15) is 11.6 Å². The molecule has 0 saturated heterocycles. The summed E-state index contributed by atoms with van der Waals surface area (Å²) in [6, 6.07) is 7.42. The molecule has 0 spiro atoms. The van der Waals surface area contributed by atoms with E-state index in [-0.39, 0.29) is 17.4 Å². The van der Waals surface area contributed by atoms with Gasteiger partial charge in [-0.1, -0.05) is 11.6 Å². The second kappa shape index (κ2) is 5.11. The summed E-state index contributed by atoms with van der Waals surface area (Å²) in [7, 11) is 0.